The van der Waals surface area contributed by atoms with E-state index in [0.717, 1.165) is 0 Å². The molecule has 0 atom stereocenters. The first-order valence-electron chi connectivity index (χ1n) is 3.14. The third-order valence-electron chi connectivity index (χ3n) is 1.40. The van der Waals surface area contributed by atoms with Crippen LogP contribution in [-0.4, -0.2) is 38.4 Å². The Kier molecular flexibility index (Phi) is 4.58. The lowest BCUT2D eigenvalue weighted by atomic mass is 9.94. The molecule has 5 nitrogen and oxygen atoms in total. The summed E-state index contributed by atoms with van der Waals surface area (Å²) < 4.78 is 22.2. The summed E-state index contributed by atoms with van der Waals surface area (Å²) in [6.07, 6.45) is 0. The van der Waals surface area contributed by atoms with Crippen molar-refractivity contribution in [1.82, 2.24) is 4.72 Å². The van der Waals surface area contributed by atoms with Gasteiger partial charge in [0.05, 0.1) is 13.2 Å². The van der Waals surface area contributed by atoms with Crippen LogP contribution in [0.4, 0.5) is 0 Å². The number of nitrogens with one attached hydrogen (secondary N) is 1. The van der Waals surface area contributed by atoms with Crippen LogP contribution >= 0.6 is 0 Å². The number of rotatable bonds is 5. The molecule has 0 spiro atoms. The van der Waals surface area contributed by atoms with Gasteiger partial charge in [-0.3, -0.25) is 0 Å². The Hall–Kier alpha value is -0.170. The summed E-state index contributed by atoms with van der Waals surface area (Å²) in [5.41, 5.74) is -0.768. The minimum absolute atomic E-state index is 0.0543. The number of aliphatic hydroxyl groups is 2. The van der Waals surface area contributed by atoms with Crippen LogP contribution in [0, 0.1) is 5.41 Å². The SMILES string of the molecule is CC(CO)(CO)CN[SH](=O)=O. The maximum absolute atomic E-state index is 10.0. The molecule has 0 heterocycles. The molecule has 0 aliphatic carbocycles. The molecule has 6 heteroatoms. The van der Waals surface area contributed by atoms with Gasteiger partial charge < -0.3 is 10.2 Å². The van der Waals surface area contributed by atoms with Crippen LogP contribution in [0.2, 0.25) is 0 Å². The van der Waals surface area contributed by atoms with E-state index in [-0.39, 0.29) is 19.8 Å². The monoisotopic (exact) mass is 183 g/mol. The van der Waals surface area contributed by atoms with Crippen molar-refractivity contribution in [3.8, 4) is 0 Å². The first-order chi connectivity index (χ1) is 5.04. The molecule has 11 heavy (non-hydrogen) atoms. The van der Waals surface area contributed by atoms with Crippen LogP contribution in [-0.2, 0) is 10.9 Å². The summed E-state index contributed by atoms with van der Waals surface area (Å²) in [4.78, 5) is 0. The normalized spacial score (nSPS) is 12.4. The van der Waals surface area contributed by atoms with Gasteiger partial charge in [-0.2, -0.15) is 0 Å². The summed E-state index contributed by atoms with van der Waals surface area (Å²) >= 11 is 0. The molecule has 3 N–H and O–H groups in total. The van der Waals surface area contributed by atoms with Crippen molar-refractivity contribution in [2.24, 2.45) is 5.41 Å². The molecule has 0 aliphatic rings. The van der Waals surface area contributed by atoms with E-state index in [1.807, 2.05) is 0 Å². The predicted molar refractivity (Wildman–Crippen MR) is 40.6 cm³/mol. The van der Waals surface area contributed by atoms with Crippen molar-refractivity contribution in [1.29, 1.82) is 0 Å². The molecule has 0 saturated heterocycles. The summed E-state index contributed by atoms with van der Waals surface area (Å²) in [6, 6.07) is 0. The zero-order valence-corrected chi connectivity index (χ0v) is 7.17. The van der Waals surface area contributed by atoms with E-state index in [1.165, 1.54) is 0 Å². The smallest absolute Gasteiger partial charge is 0.201 e. The van der Waals surface area contributed by atoms with Crippen LogP contribution in [0.15, 0.2) is 0 Å². The fourth-order valence-corrected chi connectivity index (χ4v) is 0.928. The Balaban J connectivity index is 3.87. The number of hydrogen-bond acceptors (Lipinski definition) is 4. The van der Waals surface area contributed by atoms with Gasteiger partial charge in [0.2, 0.25) is 10.9 Å². The highest BCUT2D eigenvalue weighted by atomic mass is 32.2. The molecule has 0 aromatic carbocycles. The van der Waals surface area contributed by atoms with Crippen LogP contribution in [0.1, 0.15) is 6.92 Å². The first kappa shape index (κ1) is 10.8. The average molecular weight is 183 g/mol. The Morgan fingerprint density at radius 2 is 1.82 bits per heavy atom. The zero-order valence-electron chi connectivity index (χ0n) is 6.28. The molecule has 0 fully saturated rings. The lowest BCUT2D eigenvalue weighted by Crippen LogP contribution is -2.37. The lowest BCUT2D eigenvalue weighted by molar-refractivity contribution is 0.0744. The van der Waals surface area contributed by atoms with Crippen LogP contribution in [0.25, 0.3) is 0 Å². The Morgan fingerprint density at radius 3 is 2.09 bits per heavy atom. The predicted octanol–water partition coefficient (Wildman–Crippen LogP) is -1.91. The summed E-state index contributed by atoms with van der Waals surface area (Å²) in [6.45, 7) is 1.14. The van der Waals surface area contributed by atoms with E-state index >= 15 is 0 Å². The number of aliphatic hydroxyl groups excluding tert-OH is 2. The highest BCUT2D eigenvalue weighted by molar-refractivity contribution is 7.70. The van der Waals surface area contributed by atoms with Gasteiger partial charge in [0.1, 0.15) is 0 Å². The maximum Gasteiger partial charge on any atom is 0.201 e. The van der Waals surface area contributed by atoms with Crippen molar-refractivity contribution in [3.05, 3.63) is 0 Å². The second-order valence-corrected chi connectivity index (χ2v) is 3.55. The molecule has 0 aromatic heterocycles. The van der Waals surface area contributed by atoms with Gasteiger partial charge >= 0.3 is 0 Å². The van der Waals surface area contributed by atoms with E-state index in [1.54, 1.807) is 6.92 Å². The fraction of sp³-hybridized carbons (Fsp3) is 1.00. The fourth-order valence-electron chi connectivity index (χ4n) is 0.417. The van der Waals surface area contributed by atoms with Crippen molar-refractivity contribution < 1.29 is 18.6 Å². The summed E-state index contributed by atoms with van der Waals surface area (Å²) in [5, 5.41) is 17.4. The molecule has 0 saturated carbocycles. The minimum atomic E-state index is -2.65. The summed E-state index contributed by atoms with van der Waals surface area (Å²) in [5.74, 6) is 0. The Labute approximate surface area is 67.1 Å². The van der Waals surface area contributed by atoms with Crippen molar-refractivity contribution in [2.75, 3.05) is 19.8 Å². The lowest BCUT2D eigenvalue weighted by Gasteiger charge is -2.22. The van der Waals surface area contributed by atoms with E-state index in [9.17, 15) is 8.42 Å². The third kappa shape index (κ3) is 4.31. The van der Waals surface area contributed by atoms with Gasteiger partial charge in [0, 0.05) is 12.0 Å². The average Bonchev–Trinajstić information content (AvgIpc) is 2.00. The molecule has 68 valence electrons. The Morgan fingerprint density at radius 1 is 1.36 bits per heavy atom. The quantitative estimate of drug-likeness (QED) is 0.375. The van der Waals surface area contributed by atoms with Gasteiger partial charge in [0.25, 0.3) is 0 Å². The van der Waals surface area contributed by atoms with Crippen molar-refractivity contribution in [2.45, 2.75) is 6.92 Å². The van der Waals surface area contributed by atoms with Gasteiger partial charge in [-0.25, -0.2) is 13.1 Å². The van der Waals surface area contributed by atoms with E-state index < -0.39 is 16.3 Å². The van der Waals surface area contributed by atoms with Gasteiger partial charge in [-0.05, 0) is 0 Å². The molecule has 0 amide bonds. The second kappa shape index (κ2) is 4.66. The third-order valence-corrected chi connectivity index (χ3v) is 1.81. The molecule has 0 unspecified atom stereocenters. The molecule has 0 bridgehead atoms. The number of hydrogen-bond donors (Lipinski definition) is 4. The molecular weight excluding hydrogens is 170 g/mol. The largest absolute Gasteiger partial charge is 0.396 e. The van der Waals surface area contributed by atoms with Gasteiger partial charge in [-0.15, -0.1) is 0 Å². The van der Waals surface area contributed by atoms with Crippen LogP contribution in [0.3, 0.4) is 0 Å². The van der Waals surface area contributed by atoms with Gasteiger partial charge in [0.15, 0.2) is 0 Å². The van der Waals surface area contributed by atoms with E-state index in [4.69, 9.17) is 10.2 Å². The van der Waals surface area contributed by atoms with E-state index in [2.05, 4.69) is 4.72 Å². The highest BCUT2D eigenvalue weighted by Gasteiger charge is 2.21. The maximum atomic E-state index is 10.0. The van der Waals surface area contributed by atoms with E-state index in [0.29, 0.717) is 0 Å². The van der Waals surface area contributed by atoms with Gasteiger partial charge in [-0.1, -0.05) is 6.92 Å². The summed E-state index contributed by atoms with van der Waals surface area (Å²) in [7, 11) is -2.65. The minimum Gasteiger partial charge on any atom is -0.396 e. The second-order valence-electron chi connectivity index (χ2n) is 2.72. The highest BCUT2D eigenvalue weighted by Crippen LogP contribution is 2.11. The molecule has 0 rings (SSSR count). The standard InChI is InChI=1S/C5H13NO4S/c1-5(3-7,4-8)2-6-11(9)10/h7-8,11H,2-4H2,1H3,(H,6,9,10). The Bertz CT molecular complexity index is 167. The zero-order chi connectivity index (χ0) is 8.91. The van der Waals surface area contributed by atoms with Crippen molar-refractivity contribution >= 4 is 10.9 Å². The molecule has 0 radical (unpaired) electrons. The molecular formula is C5H13NO4S. The van der Waals surface area contributed by atoms with Crippen LogP contribution < -0.4 is 4.72 Å². The first-order valence-corrected chi connectivity index (χ1v) is 4.31. The van der Waals surface area contributed by atoms with Crippen molar-refractivity contribution in [3.63, 3.8) is 0 Å². The van der Waals surface area contributed by atoms with Crippen LogP contribution in [0.5, 0.6) is 0 Å². The molecule has 0 aromatic rings. The number of thiol groups is 1. The topological polar surface area (TPSA) is 86.6 Å². The molecule has 0 aliphatic heterocycles.